The molecule has 364 valence electrons. The van der Waals surface area contributed by atoms with E-state index < -0.39 is 51.9 Å². The average Bonchev–Trinajstić information content (AvgIpc) is 3.97. The number of sulfonamides is 1. The van der Waals surface area contributed by atoms with Crippen LogP contribution in [0.4, 0.5) is 21.8 Å². The van der Waals surface area contributed by atoms with Crippen LogP contribution in [0.15, 0.2) is 71.1 Å². The number of carbonyl (C=O) groups excluding carboxylic acids is 3. The van der Waals surface area contributed by atoms with Gasteiger partial charge in [0.05, 0.1) is 22.0 Å². The van der Waals surface area contributed by atoms with Crippen molar-refractivity contribution in [3.05, 3.63) is 99.1 Å². The van der Waals surface area contributed by atoms with E-state index in [0.717, 1.165) is 29.2 Å². The fourth-order valence-electron chi connectivity index (χ4n) is 10.5. The summed E-state index contributed by atoms with van der Waals surface area (Å²) < 4.78 is 57.2. The highest BCUT2D eigenvalue weighted by molar-refractivity contribution is 7.88. The van der Waals surface area contributed by atoms with Gasteiger partial charge in [-0.3, -0.25) is 24.6 Å². The molecule has 6 heterocycles. The molecule has 6 aromatic rings. The van der Waals surface area contributed by atoms with Crippen molar-refractivity contribution in [2.75, 3.05) is 41.4 Å². The second kappa shape index (κ2) is 18.0. The number of fused-ring (bicyclic) bond motifs is 1. The van der Waals surface area contributed by atoms with E-state index in [4.69, 9.17) is 30.8 Å². The summed E-state index contributed by atoms with van der Waals surface area (Å²) in [5.41, 5.74) is 3.15. The van der Waals surface area contributed by atoms with Crippen LogP contribution in [0, 0.1) is 5.82 Å². The molecule has 2 aromatic heterocycles. The van der Waals surface area contributed by atoms with Gasteiger partial charge in [0.15, 0.2) is 28.6 Å². The second-order valence-corrected chi connectivity index (χ2v) is 21.9. The number of halogens is 2. The third kappa shape index (κ3) is 8.49. The molecule has 70 heavy (non-hydrogen) atoms. The zero-order valence-corrected chi connectivity index (χ0v) is 40.2. The number of carbonyl (C=O) groups is 5. The van der Waals surface area contributed by atoms with Crippen molar-refractivity contribution in [1.29, 1.82) is 0 Å². The van der Waals surface area contributed by atoms with Crippen LogP contribution in [0.3, 0.4) is 0 Å². The number of rotatable bonds is 13. The van der Waals surface area contributed by atoms with Crippen molar-refractivity contribution in [3.63, 3.8) is 0 Å². The van der Waals surface area contributed by atoms with E-state index in [9.17, 15) is 37.5 Å². The number of anilines is 3. The number of amides is 3. The number of hydrogen-bond acceptors (Lipinski definition) is 13. The molecular formula is C49H46ClFN6O11S2. The van der Waals surface area contributed by atoms with Crippen molar-refractivity contribution in [2.24, 2.45) is 0 Å². The highest BCUT2D eigenvalue weighted by Gasteiger charge is 2.43. The van der Waals surface area contributed by atoms with Gasteiger partial charge in [-0.15, -0.1) is 11.3 Å². The molecule has 3 saturated heterocycles. The zero-order valence-electron chi connectivity index (χ0n) is 37.8. The van der Waals surface area contributed by atoms with E-state index in [2.05, 4.69) is 15.5 Å². The van der Waals surface area contributed by atoms with Crippen molar-refractivity contribution in [2.45, 2.75) is 81.7 Å². The Balaban J connectivity index is 0.785. The van der Waals surface area contributed by atoms with E-state index in [1.807, 2.05) is 38.1 Å². The number of hydrogen-bond donors (Lipinski definition) is 4. The molecule has 4 aliphatic heterocycles. The first kappa shape index (κ1) is 47.1. The third-order valence-corrected chi connectivity index (χ3v) is 17.4. The smallest absolute Gasteiger partial charge is 0.349 e. The maximum Gasteiger partial charge on any atom is 0.349 e. The van der Waals surface area contributed by atoms with Crippen LogP contribution >= 0.6 is 22.9 Å². The Morgan fingerprint density at radius 2 is 1.76 bits per heavy atom. The third-order valence-electron chi connectivity index (χ3n) is 13.7. The van der Waals surface area contributed by atoms with E-state index in [0.29, 0.717) is 71.2 Å². The Morgan fingerprint density at radius 3 is 2.49 bits per heavy atom. The summed E-state index contributed by atoms with van der Waals surface area (Å²) in [6.45, 7) is 4.25. The van der Waals surface area contributed by atoms with Crippen LogP contribution in [0.2, 0.25) is 5.02 Å². The van der Waals surface area contributed by atoms with Gasteiger partial charge in [0.2, 0.25) is 21.8 Å². The molecule has 21 heteroatoms. The number of thiophene rings is 1. The average molecular weight is 1010 g/mol. The molecule has 2 atom stereocenters. The molecule has 0 saturated carbocycles. The monoisotopic (exact) mass is 1010 g/mol. The van der Waals surface area contributed by atoms with Crippen LogP contribution in [0.1, 0.15) is 89.4 Å². The number of piperidine rings is 3. The van der Waals surface area contributed by atoms with E-state index >= 15 is 4.39 Å². The van der Waals surface area contributed by atoms with Gasteiger partial charge >= 0.3 is 11.9 Å². The molecule has 4 aliphatic rings. The molecule has 0 spiro atoms. The molecule has 0 bridgehead atoms. The number of carboxylic acid groups (broad SMARTS) is 2. The number of aromatic nitrogens is 1. The first-order valence-corrected chi connectivity index (χ1v) is 25.5. The fraction of sp³-hybridized carbons (Fsp3) is 0.347. The Bertz CT molecular complexity index is 3300. The summed E-state index contributed by atoms with van der Waals surface area (Å²) >= 11 is 7.10. The van der Waals surface area contributed by atoms with Gasteiger partial charge in [-0.25, -0.2) is 22.4 Å². The normalized spacial score (nSPS) is 19.8. The predicted molar refractivity (Wildman–Crippen MR) is 260 cm³/mol. The van der Waals surface area contributed by atoms with Gasteiger partial charge in [-0.05, 0) is 98.7 Å². The van der Waals surface area contributed by atoms with Gasteiger partial charge in [0.1, 0.15) is 16.6 Å². The number of imide groups is 1. The minimum Gasteiger partial charge on any atom is -0.479 e. The predicted octanol–water partition coefficient (Wildman–Crippen LogP) is 8.00. The minimum absolute atomic E-state index is 0.0127. The first-order chi connectivity index (χ1) is 33.4. The number of nitrogens with one attached hydrogen (secondary N) is 2. The van der Waals surface area contributed by atoms with Crippen molar-refractivity contribution >= 4 is 102 Å². The summed E-state index contributed by atoms with van der Waals surface area (Å²) in [6.07, 6.45) is 2.68. The number of oxazole rings is 1. The van der Waals surface area contributed by atoms with Gasteiger partial charge in [-0.2, -0.15) is 9.29 Å². The maximum atomic E-state index is 16.2. The van der Waals surface area contributed by atoms with Crippen LogP contribution < -0.4 is 25.2 Å². The Labute approximate surface area is 409 Å². The Hall–Kier alpha value is -6.61. The van der Waals surface area contributed by atoms with Crippen LogP contribution in [-0.4, -0.2) is 101 Å². The lowest BCUT2D eigenvalue weighted by Crippen LogP contribution is -2.55. The fourth-order valence-corrected chi connectivity index (χ4v) is 13.9. The SMILES string of the molecule is CC1(C)CC(Nc2cccc(-c3sc(C(=O)O)c(OCC(=O)O)c3Cl)c2F)CCN1S(=O)(=O)Cc1ccc2oc(N3CCC(c4ccc5c6c(cccc46)C(=O)N5C4CCC(=O)NC4=O)CC3)nc2c1. The maximum absolute atomic E-state index is 16.2. The topological polar surface area (TPSA) is 229 Å². The zero-order chi connectivity index (χ0) is 49.4. The van der Waals surface area contributed by atoms with Crippen molar-refractivity contribution < 1.29 is 56.1 Å². The summed E-state index contributed by atoms with van der Waals surface area (Å²) in [4.78, 5) is 69.5. The number of carboxylic acids is 2. The van der Waals surface area contributed by atoms with Crippen LogP contribution in [0.5, 0.6) is 5.75 Å². The van der Waals surface area contributed by atoms with Crippen LogP contribution in [-0.2, 0) is 30.2 Å². The summed E-state index contributed by atoms with van der Waals surface area (Å²) in [5.74, 6) is -4.99. The molecule has 2 unspecified atom stereocenters. The van der Waals surface area contributed by atoms with E-state index in [-0.39, 0.29) is 80.7 Å². The van der Waals surface area contributed by atoms with E-state index in [1.54, 1.807) is 30.3 Å². The summed E-state index contributed by atoms with van der Waals surface area (Å²) in [7, 11) is -3.86. The van der Waals surface area contributed by atoms with Gasteiger partial charge in [-0.1, -0.05) is 48.0 Å². The number of benzene rings is 4. The lowest BCUT2D eigenvalue weighted by molar-refractivity contribution is -0.139. The molecule has 4 aromatic carbocycles. The number of aromatic carboxylic acids is 1. The molecule has 10 rings (SSSR count). The molecule has 0 aliphatic carbocycles. The van der Waals surface area contributed by atoms with Crippen molar-refractivity contribution in [1.82, 2.24) is 14.6 Å². The highest BCUT2D eigenvalue weighted by Crippen LogP contribution is 2.48. The number of nitrogens with zero attached hydrogens (tertiary/aromatic N) is 4. The van der Waals surface area contributed by atoms with Gasteiger partial charge < -0.3 is 29.6 Å². The Kier molecular flexibility index (Phi) is 12.1. The summed E-state index contributed by atoms with van der Waals surface area (Å²) in [5, 5.41) is 25.9. The quantitative estimate of drug-likeness (QED) is 0.0804. The summed E-state index contributed by atoms with van der Waals surface area (Å²) in [6, 6.07) is 18.7. The van der Waals surface area contributed by atoms with E-state index in [1.165, 1.54) is 21.3 Å². The molecule has 17 nitrogen and oxygen atoms in total. The molecular weight excluding hydrogens is 967 g/mol. The van der Waals surface area contributed by atoms with Crippen LogP contribution in [0.25, 0.3) is 32.3 Å². The molecule has 3 amide bonds. The van der Waals surface area contributed by atoms with Gasteiger partial charge in [0.25, 0.3) is 11.9 Å². The number of ether oxygens (including phenoxy) is 1. The Morgan fingerprint density at radius 1 is 1.00 bits per heavy atom. The lowest BCUT2D eigenvalue weighted by Gasteiger charge is -2.45. The molecule has 0 radical (unpaired) electrons. The second-order valence-electron chi connectivity index (χ2n) is 18.6. The number of aliphatic carboxylic acids is 1. The largest absolute Gasteiger partial charge is 0.479 e. The lowest BCUT2D eigenvalue weighted by atomic mass is 9.85. The van der Waals surface area contributed by atoms with Crippen molar-refractivity contribution in [3.8, 4) is 16.2 Å². The van der Waals surface area contributed by atoms with Gasteiger partial charge in [0, 0.05) is 54.1 Å². The molecule has 4 N–H and O–H groups in total. The minimum atomic E-state index is -3.86. The molecule has 3 fully saturated rings. The standard InChI is InChI=1S/C49H46ClFN6O11S2/c1-49(2)22-27(52-32-8-4-7-31(41(32)51)43-40(50)42(67-23-38(59)60)44(69-43)47(63)64)17-20-56(49)70(65,66)24-25-9-13-36-33(21-25)53-48(68-36)55-18-15-26(16-19-55)28-10-11-34-39-29(28)5-3-6-30(39)46(62)57(34)35-12-14-37(58)54-45(35)61/h3-11,13,21,26-27,35,52H,12,14-20,22-24H2,1-2H3,(H,59,60)(H,63,64)(H,54,58,61). The first-order valence-electron chi connectivity index (χ1n) is 22.7. The highest BCUT2D eigenvalue weighted by atomic mass is 35.5.